The van der Waals surface area contributed by atoms with Crippen molar-refractivity contribution in [2.75, 3.05) is 13.1 Å². The van der Waals surface area contributed by atoms with Gasteiger partial charge >= 0.3 is 0 Å². The fraction of sp³-hybridized carbons (Fsp3) is 0.500. The van der Waals surface area contributed by atoms with Crippen molar-refractivity contribution in [2.24, 2.45) is 4.99 Å². The maximum absolute atomic E-state index is 12.0. The van der Waals surface area contributed by atoms with Gasteiger partial charge in [0.05, 0.1) is 18.8 Å². The van der Waals surface area contributed by atoms with Crippen LogP contribution in [0, 0.1) is 0 Å². The van der Waals surface area contributed by atoms with Gasteiger partial charge in [-0.05, 0) is 30.4 Å². The van der Waals surface area contributed by atoms with E-state index in [0.29, 0.717) is 32.0 Å². The fourth-order valence-electron chi connectivity index (χ4n) is 3.28. The van der Waals surface area contributed by atoms with Crippen LogP contribution in [0.25, 0.3) is 0 Å². The molecule has 0 aliphatic carbocycles. The Balaban J connectivity index is 0.00000320. The van der Waals surface area contributed by atoms with Crippen LogP contribution in [0.3, 0.4) is 0 Å². The van der Waals surface area contributed by atoms with Crippen LogP contribution in [-0.2, 0) is 24.4 Å². The molecule has 30 heavy (non-hydrogen) atoms. The Morgan fingerprint density at radius 2 is 2.03 bits per heavy atom. The number of halogens is 1. The van der Waals surface area contributed by atoms with Gasteiger partial charge in [-0.25, -0.2) is 9.98 Å². The quantitative estimate of drug-likeness (QED) is 0.298. The number of nitrogens with zero attached hydrogens (tertiary/aromatic N) is 3. The van der Waals surface area contributed by atoms with Crippen LogP contribution in [0.5, 0.6) is 0 Å². The zero-order valence-electron chi connectivity index (χ0n) is 18.0. The molecule has 3 rings (SSSR count). The Morgan fingerprint density at radius 1 is 1.27 bits per heavy atom. The number of rotatable bonds is 8. The van der Waals surface area contributed by atoms with E-state index in [1.165, 1.54) is 5.56 Å². The molecule has 8 heteroatoms. The first-order valence-corrected chi connectivity index (χ1v) is 11.3. The van der Waals surface area contributed by atoms with Gasteiger partial charge in [0.2, 0.25) is 5.91 Å². The molecule has 0 bridgehead atoms. The molecule has 1 aromatic heterocycles. The molecule has 2 heterocycles. The topological polar surface area (TPSA) is 69.6 Å². The number of aromatic nitrogens is 1. The number of likely N-dealkylation sites (tertiary alicyclic amines) is 1. The highest BCUT2D eigenvalue weighted by atomic mass is 127. The van der Waals surface area contributed by atoms with Crippen LogP contribution in [0.1, 0.15) is 61.4 Å². The molecule has 0 spiro atoms. The standard InChI is InChI=1S/C22H31N5OS.HI/c1-4-23-22(25-13-20-26-19(15-29-20)16(2)3)24-12-17-8-5-6-9-18(17)14-27-11-7-10-21(27)28;/h5-6,8-9,15-16H,4,7,10-14H2,1-3H3,(H2,23,24,25);1H. The van der Waals surface area contributed by atoms with E-state index in [9.17, 15) is 4.79 Å². The van der Waals surface area contributed by atoms with Gasteiger partial charge in [0, 0.05) is 31.4 Å². The van der Waals surface area contributed by atoms with Crippen molar-refractivity contribution in [3.05, 3.63) is 51.5 Å². The van der Waals surface area contributed by atoms with Crippen molar-refractivity contribution < 1.29 is 4.79 Å². The predicted octanol–water partition coefficient (Wildman–Crippen LogP) is 4.26. The first-order chi connectivity index (χ1) is 14.1. The van der Waals surface area contributed by atoms with Crippen LogP contribution in [0.2, 0.25) is 0 Å². The van der Waals surface area contributed by atoms with Crippen LogP contribution >= 0.6 is 35.3 Å². The smallest absolute Gasteiger partial charge is 0.222 e. The molecule has 6 nitrogen and oxygen atoms in total. The number of hydrogen-bond donors (Lipinski definition) is 2. The Labute approximate surface area is 200 Å². The zero-order chi connectivity index (χ0) is 20.6. The van der Waals surface area contributed by atoms with Gasteiger partial charge in [-0.15, -0.1) is 35.3 Å². The molecule has 0 saturated carbocycles. The van der Waals surface area contributed by atoms with E-state index >= 15 is 0 Å². The summed E-state index contributed by atoms with van der Waals surface area (Å²) in [6, 6.07) is 8.25. The van der Waals surface area contributed by atoms with E-state index in [2.05, 4.69) is 53.9 Å². The maximum atomic E-state index is 12.0. The number of benzene rings is 1. The fourth-order valence-corrected chi connectivity index (χ4v) is 4.17. The molecule has 0 unspecified atom stereocenters. The van der Waals surface area contributed by atoms with Crippen molar-refractivity contribution >= 4 is 47.2 Å². The summed E-state index contributed by atoms with van der Waals surface area (Å²) in [4.78, 5) is 23.4. The summed E-state index contributed by atoms with van der Waals surface area (Å²) in [5.41, 5.74) is 3.46. The van der Waals surface area contributed by atoms with Crippen molar-refractivity contribution in [3.63, 3.8) is 0 Å². The summed E-state index contributed by atoms with van der Waals surface area (Å²) in [6.45, 7) is 9.93. The lowest BCUT2D eigenvalue weighted by Gasteiger charge is -2.18. The highest BCUT2D eigenvalue weighted by Gasteiger charge is 2.20. The van der Waals surface area contributed by atoms with Crippen molar-refractivity contribution in [1.29, 1.82) is 0 Å². The minimum Gasteiger partial charge on any atom is -0.357 e. The SMILES string of the molecule is CCNC(=NCc1ccccc1CN1CCCC1=O)NCc1nc(C(C)C)cs1.I. The van der Waals surface area contributed by atoms with Crippen LogP contribution < -0.4 is 10.6 Å². The third kappa shape index (κ3) is 6.94. The first-order valence-electron chi connectivity index (χ1n) is 10.4. The van der Waals surface area contributed by atoms with Gasteiger partial charge < -0.3 is 15.5 Å². The van der Waals surface area contributed by atoms with E-state index in [1.54, 1.807) is 11.3 Å². The van der Waals surface area contributed by atoms with Crippen LogP contribution in [0.15, 0.2) is 34.6 Å². The Morgan fingerprint density at radius 3 is 2.67 bits per heavy atom. The average molecular weight is 542 g/mol. The highest BCUT2D eigenvalue weighted by Crippen LogP contribution is 2.19. The minimum atomic E-state index is 0. The molecule has 1 saturated heterocycles. The van der Waals surface area contributed by atoms with E-state index < -0.39 is 0 Å². The van der Waals surface area contributed by atoms with Gasteiger partial charge in [-0.2, -0.15) is 0 Å². The van der Waals surface area contributed by atoms with E-state index in [0.717, 1.165) is 41.7 Å². The van der Waals surface area contributed by atoms with Gasteiger partial charge in [0.25, 0.3) is 0 Å². The van der Waals surface area contributed by atoms with Gasteiger partial charge in [0.15, 0.2) is 5.96 Å². The summed E-state index contributed by atoms with van der Waals surface area (Å²) in [6.07, 6.45) is 1.63. The second-order valence-electron chi connectivity index (χ2n) is 7.56. The summed E-state index contributed by atoms with van der Waals surface area (Å²) in [5.74, 6) is 1.48. The second kappa shape index (κ2) is 12.2. The number of carbonyl (C=O) groups is 1. The number of aliphatic imine (C=N–C) groups is 1. The third-order valence-corrected chi connectivity index (χ3v) is 5.84. The molecular weight excluding hydrogens is 509 g/mol. The Kier molecular flexibility index (Phi) is 10.0. The third-order valence-electron chi connectivity index (χ3n) is 4.97. The number of carbonyl (C=O) groups excluding carboxylic acids is 1. The lowest BCUT2D eigenvalue weighted by molar-refractivity contribution is -0.128. The number of thiazole rings is 1. The van der Waals surface area contributed by atoms with Gasteiger partial charge in [-0.3, -0.25) is 4.79 Å². The van der Waals surface area contributed by atoms with Crippen molar-refractivity contribution in [2.45, 2.75) is 59.2 Å². The monoisotopic (exact) mass is 541 g/mol. The number of amides is 1. The van der Waals surface area contributed by atoms with E-state index in [4.69, 9.17) is 4.99 Å². The average Bonchev–Trinajstić information content (AvgIpc) is 3.34. The number of hydrogen-bond acceptors (Lipinski definition) is 4. The molecule has 1 amide bonds. The Hall–Kier alpha value is -1.68. The summed E-state index contributed by atoms with van der Waals surface area (Å²) < 4.78 is 0. The molecule has 164 valence electrons. The van der Waals surface area contributed by atoms with Crippen LogP contribution in [-0.4, -0.2) is 34.8 Å². The van der Waals surface area contributed by atoms with Crippen molar-refractivity contribution in [3.8, 4) is 0 Å². The molecule has 0 radical (unpaired) electrons. The molecule has 1 aliphatic rings. The first kappa shape index (κ1) is 24.6. The Bertz CT molecular complexity index is 852. The molecule has 2 N–H and O–H groups in total. The molecule has 1 aromatic carbocycles. The normalized spacial score (nSPS) is 14.2. The molecule has 1 aliphatic heterocycles. The van der Waals surface area contributed by atoms with E-state index in [-0.39, 0.29) is 29.9 Å². The lowest BCUT2D eigenvalue weighted by atomic mass is 10.1. The highest BCUT2D eigenvalue weighted by molar-refractivity contribution is 14.0. The summed E-state index contributed by atoms with van der Waals surface area (Å²) in [7, 11) is 0. The zero-order valence-corrected chi connectivity index (χ0v) is 21.1. The van der Waals surface area contributed by atoms with E-state index in [1.807, 2.05) is 17.0 Å². The second-order valence-corrected chi connectivity index (χ2v) is 8.50. The maximum Gasteiger partial charge on any atom is 0.222 e. The lowest BCUT2D eigenvalue weighted by Crippen LogP contribution is -2.36. The minimum absolute atomic E-state index is 0. The molecule has 1 fully saturated rings. The molecule has 2 aromatic rings. The van der Waals surface area contributed by atoms with Crippen molar-refractivity contribution in [1.82, 2.24) is 20.5 Å². The molecule has 0 atom stereocenters. The predicted molar refractivity (Wildman–Crippen MR) is 134 cm³/mol. The van der Waals surface area contributed by atoms with Crippen LogP contribution in [0.4, 0.5) is 0 Å². The summed E-state index contributed by atoms with van der Waals surface area (Å²) in [5, 5.41) is 9.87. The van der Waals surface area contributed by atoms with Gasteiger partial charge in [-0.1, -0.05) is 38.1 Å². The number of guanidine groups is 1. The summed E-state index contributed by atoms with van der Waals surface area (Å²) >= 11 is 1.68. The molecular formula is C22H32IN5OS. The number of nitrogens with one attached hydrogen (secondary N) is 2. The van der Waals surface area contributed by atoms with Gasteiger partial charge in [0.1, 0.15) is 5.01 Å². The largest absolute Gasteiger partial charge is 0.357 e.